The summed E-state index contributed by atoms with van der Waals surface area (Å²) in [4.78, 5) is 4.67. The Bertz CT molecular complexity index is 646. The van der Waals surface area contributed by atoms with Crippen molar-refractivity contribution in [2.75, 3.05) is 25.4 Å². The number of guanidine groups is 1. The van der Waals surface area contributed by atoms with Crippen molar-refractivity contribution in [2.45, 2.75) is 57.4 Å². The molecule has 1 aromatic rings. The summed E-state index contributed by atoms with van der Waals surface area (Å²) in [6, 6.07) is 10.4. The second kappa shape index (κ2) is 9.69. The number of aliphatic imine (C=N–C) groups is 1. The summed E-state index contributed by atoms with van der Waals surface area (Å²) < 4.78 is 18.2. The number of rotatable bonds is 9. The van der Waals surface area contributed by atoms with E-state index in [0.29, 0.717) is 35.6 Å². The zero-order valence-electron chi connectivity index (χ0n) is 16.6. The molecular weight excluding hydrogens is 358 g/mol. The predicted molar refractivity (Wildman–Crippen MR) is 112 cm³/mol. The molecule has 3 unspecified atom stereocenters. The maximum Gasteiger partial charge on any atom is 0.191 e. The standard InChI is InChI=1S/C21H33N3O2S/c1-3-22-20(23-13-14-27(25)16-17-9-6-5-7-10-17)24-18-15-19(26-4-2)21(18)11-8-12-21/h5-7,9-10,18-19H,3-4,8,11-16H2,1-2H3,(H2,22,23,24). The van der Waals surface area contributed by atoms with E-state index in [1.54, 1.807) is 0 Å². The monoisotopic (exact) mass is 391 g/mol. The Labute approximate surface area is 165 Å². The molecule has 0 aliphatic heterocycles. The molecule has 1 spiro atoms. The molecule has 2 aliphatic carbocycles. The van der Waals surface area contributed by atoms with E-state index in [1.165, 1.54) is 19.3 Å². The fourth-order valence-electron chi connectivity index (χ4n) is 4.22. The van der Waals surface area contributed by atoms with Crippen molar-refractivity contribution >= 4 is 16.8 Å². The van der Waals surface area contributed by atoms with E-state index in [4.69, 9.17) is 4.74 Å². The van der Waals surface area contributed by atoms with Crippen LogP contribution in [0.5, 0.6) is 0 Å². The van der Waals surface area contributed by atoms with E-state index in [-0.39, 0.29) is 0 Å². The Hall–Kier alpha value is -1.40. The van der Waals surface area contributed by atoms with Crippen LogP contribution in [0.4, 0.5) is 0 Å². The second-order valence-corrected chi connectivity index (χ2v) is 9.07. The third-order valence-corrected chi connectivity index (χ3v) is 7.15. The van der Waals surface area contributed by atoms with Gasteiger partial charge in [0.05, 0.1) is 12.6 Å². The average Bonchev–Trinajstić information content (AvgIpc) is 2.60. The van der Waals surface area contributed by atoms with Crippen molar-refractivity contribution in [3.8, 4) is 0 Å². The highest BCUT2D eigenvalue weighted by Crippen LogP contribution is 2.57. The predicted octanol–water partition coefficient (Wildman–Crippen LogP) is 2.84. The molecule has 0 amide bonds. The van der Waals surface area contributed by atoms with Gasteiger partial charge in [-0.3, -0.25) is 9.20 Å². The molecule has 150 valence electrons. The van der Waals surface area contributed by atoms with Crippen LogP contribution < -0.4 is 10.6 Å². The first-order valence-corrected chi connectivity index (χ1v) is 11.7. The largest absolute Gasteiger partial charge is 0.378 e. The number of nitrogens with one attached hydrogen (secondary N) is 2. The Kier molecular flexibility index (Phi) is 7.30. The van der Waals surface area contributed by atoms with Gasteiger partial charge in [-0.25, -0.2) is 0 Å². The lowest BCUT2D eigenvalue weighted by Crippen LogP contribution is -2.68. The van der Waals surface area contributed by atoms with Gasteiger partial charge in [0.25, 0.3) is 0 Å². The Morgan fingerprint density at radius 3 is 2.70 bits per heavy atom. The van der Waals surface area contributed by atoms with Crippen LogP contribution in [0.2, 0.25) is 0 Å². The van der Waals surface area contributed by atoms with Crippen LogP contribution >= 0.6 is 0 Å². The lowest BCUT2D eigenvalue weighted by molar-refractivity contribution is -0.168. The van der Waals surface area contributed by atoms with Crippen molar-refractivity contribution in [1.82, 2.24) is 10.6 Å². The van der Waals surface area contributed by atoms with Gasteiger partial charge < -0.3 is 15.4 Å². The SMILES string of the molecule is CCNC(=NCCS(=O)Cc1ccccc1)NC1CC(OCC)C12CCC2. The molecule has 0 aromatic heterocycles. The van der Waals surface area contributed by atoms with Gasteiger partial charge in [0.2, 0.25) is 0 Å². The van der Waals surface area contributed by atoms with Gasteiger partial charge in [-0.2, -0.15) is 0 Å². The third kappa shape index (κ3) is 4.91. The molecule has 2 aliphatic rings. The highest BCUT2D eigenvalue weighted by atomic mass is 32.2. The highest BCUT2D eigenvalue weighted by Gasteiger charge is 2.59. The molecule has 2 saturated carbocycles. The summed E-state index contributed by atoms with van der Waals surface area (Å²) in [5, 5.41) is 6.96. The van der Waals surface area contributed by atoms with Gasteiger partial charge in [-0.1, -0.05) is 36.8 Å². The molecule has 1 aromatic carbocycles. The van der Waals surface area contributed by atoms with E-state index in [0.717, 1.165) is 31.1 Å². The van der Waals surface area contributed by atoms with Crippen molar-refractivity contribution in [3.63, 3.8) is 0 Å². The number of ether oxygens (including phenoxy) is 1. The highest BCUT2D eigenvalue weighted by molar-refractivity contribution is 7.84. The maximum atomic E-state index is 12.3. The van der Waals surface area contributed by atoms with E-state index >= 15 is 0 Å². The third-order valence-electron chi connectivity index (χ3n) is 5.85. The van der Waals surface area contributed by atoms with E-state index in [1.807, 2.05) is 30.3 Å². The van der Waals surface area contributed by atoms with Crippen molar-refractivity contribution < 1.29 is 8.95 Å². The Morgan fingerprint density at radius 2 is 2.07 bits per heavy atom. The van der Waals surface area contributed by atoms with Gasteiger partial charge in [-0.15, -0.1) is 0 Å². The van der Waals surface area contributed by atoms with Crippen LogP contribution in [0.3, 0.4) is 0 Å². The van der Waals surface area contributed by atoms with Gasteiger partial charge in [0, 0.05) is 46.9 Å². The number of hydrogen-bond donors (Lipinski definition) is 2. The first-order chi connectivity index (χ1) is 13.2. The van der Waals surface area contributed by atoms with Crippen LogP contribution in [0.1, 0.15) is 45.1 Å². The molecule has 0 radical (unpaired) electrons. The number of nitrogens with zero attached hydrogens (tertiary/aromatic N) is 1. The molecular formula is C21H33N3O2S. The summed E-state index contributed by atoms with van der Waals surface area (Å²) in [7, 11) is -0.889. The Morgan fingerprint density at radius 1 is 1.30 bits per heavy atom. The summed E-state index contributed by atoms with van der Waals surface area (Å²) in [5.41, 5.74) is 1.43. The first-order valence-electron chi connectivity index (χ1n) is 10.2. The zero-order chi connectivity index (χ0) is 19.1. The lowest BCUT2D eigenvalue weighted by Gasteiger charge is -2.61. The smallest absolute Gasteiger partial charge is 0.191 e. The molecule has 2 N–H and O–H groups in total. The molecule has 5 nitrogen and oxygen atoms in total. The van der Waals surface area contributed by atoms with Crippen LogP contribution in [-0.4, -0.2) is 47.8 Å². The average molecular weight is 392 g/mol. The van der Waals surface area contributed by atoms with E-state index < -0.39 is 10.8 Å². The molecule has 2 fully saturated rings. The lowest BCUT2D eigenvalue weighted by atomic mass is 9.51. The molecule has 3 atom stereocenters. The van der Waals surface area contributed by atoms with Crippen molar-refractivity contribution in [2.24, 2.45) is 10.4 Å². The maximum absolute atomic E-state index is 12.3. The van der Waals surface area contributed by atoms with Crippen molar-refractivity contribution in [1.29, 1.82) is 0 Å². The molecule has 0 bridgehead atoms. The minimum absolute atomic E-state index is 0.308. The molecule has 6 heteroatoms. The molecule has 0 heterocycles. The van der Waals surface area contributed by atoms with E-state index in [9.17, 15) is 4.21 Å². The number of benzene rings is 1. The summed E-state index contributed by atoms with van der Waals surface area (Å²) in [6.45, 7) is 6.35. The van der Waals surface area contributed by atoms with Gasteiger partial charge in [0.1, 0.15) is 0 Å². The van der Waals surface area contributed by atoms with Crippen molar-refractivity contribution in [3.05, 3.63) is 35.9 Å². The summed E-state index contributed by atoms with van der Waals surface area (Å²) in [6.07, 6.45) is 5.24. The van der Waals surface area contributed by atoms with Gasteiger partial charge in [0.15, 0.2) is 5.96 Å². The van der Waals surface area contributed by atoms with Gasteiger partial charge in [-0.05, 0) is 38.7 Å². The quantitative estimate of drug-likeness (QED) is 0.502. The van der Waals surface area contributed by atoms with Crippen LogP contribution in [-0.2, 0) is 21.3 Å². The second-order valence-electron chi connectivity index (χ2n) is 7.50. The Balaban J connectivity index is 1.49. The van der Waals surface area contributed by atoms with Crippen LogP contribution in [0.25, 0.3) is 0 Å². The molecule has 3 rings (SSSR count). The van der Waals surface area contributed by atoms with E-state index in [2.05, 4.69) is 29.5 Å². The summed E-state index contributed by atoms with van der Waals surface area (Å²) in [5.74, 6) is 2.03. The number of hydrogen-bond acceptors (Lipinski definition) is 3. The topological polar surface area (TPSA) is 62.7 Å². The molecule has 27 heavy (non-hydrogen) atoms. The van der Waals surface area contributed by atoms with Crippen LogP contribution in [0, 0.1) is 5.41 Å². The summed E-state index contributed by atoms with van der Waals surface area (Å²) >= 11 is 0. The first kappa shape index (κ1) is 20.3. The van der Waals surface area contributed by atoms with Gasteiger partial charge >= 0.3 is 0 Å². The van der Waals surface area contributed by atoms with Crippen LogP contribution in [0.15, 0.2) is 35.3 Å². The molecule has 0 saturated heterocycles. The zero-order valence-corrected chi connectivity index (χ0v) is 17.4. The normalized spacial score (nSPS) is 24.7. The fourth-order valence-corrected chi connectivity index (χ4v) is 5.22. The minimum Gasteiger partial charge on any atom is -0.378 e. The fraction of sp³-hybridized carbons (Fsp3) is 0.667. The minimum atomic E-state index is -0.889.